The summed E-state index contributed by atoms with van der Waals surface area (Å²) in [6, 6.07) is 15.1. The average molecular weight is 963 g/mol. The topological polar surface area (TPSA) is 215 Å². The van der Waals surface area contributed by atoms with Gasteiger partial charge in [0, 0.05) is 70.9 Å². The van der Waals surface area contributed by atoms with Crippen molar-refractivity contribution >= 4 is 46.8 Å². The molecule has 1 unspecified atom stereocenters. The summed E-state index contributed by atoms with van der Waals surface area (Å²) in [6.45, 7) is 12.8. The number of ether oxygens (including phenoxy) is 12. The number of anilines is 1. The molecule has 3 aliphatic rings. The number of thiocarbonyl (C=S) groups is 1. The first-order chi connectivity index (χ1) is 32.3. The lowest BCUT2D eigenvalue weighted by Gasteiger charge is -2.44. The zero-order valence-electron chi connectivity index (χ0n) is 39.0. The van der Waals surface area contributed by atoms with E-state index in [9.17, 15) is 24.3 Å². The minimum Gasteiger partial charge on any atom is -0.463 e. The van der Waals surface area contributed by atoms with Crippen LogP contribution in [0.3, 0.4) is 0 Å². The van der Waals surface area contributed by atoms with Crippen LogP contribution in [0.15, 0.2) is 48.5 Å². The first-order valence-corrected chi connectivity index (χ1v) is 23.0. The molecule has 0 bridgehead atoms. The first-order valence-electron chi connectivity index (χ1n) is 22.6. The van der Waals surface area contributed by atoms with Crippen molar-refractivity contribution in [1.82, 2.24) is 4.90 Å². The summed E-state index contributed by atoms with van der Waals surface area (Å²) >= 11 is 5.84. The minimum absolute atomic E-state index is 0.0567. The number of carbonyl (C=O) groups excluding carboxylic acids is 4. The number of aliphatic hydroxyl groups excluding tert-OH is 1. The standard InChI is InChI=1S/C47H66N2O17S/c1-30-40(27-49-13-15-55-17-19-57-21-23-59-24-22-58-20-18-56-16-14-49)65-47(66-43(30)36-11-9-35(28-50)10-12-36)37-7-6-8-38(25-37)48-42(67)26-39-44(61-32(3)52)46(63-34(5)54)45(62-33(4)53)41(64-39)29-60-31(2)51/h6-12,25,30,39-41,43-47,50H,13-24,26-29H2,1-5H3,(H,48,67)/t30-,39-,40+,41+,43+,44-,45+,46+,47?/m0/s1. The van der Waals surface area contributed by atoms with Gasteiger partial charge in [-0.15, -0.1) is 0 Å². The lowest BCUT2D eigenvalue weighted by atomic mass is 9.90. The van der Waals surface area contributed by atoms with Gasteiger partial charge in [0.15, 0.2) is 24.6 Å². The number of hydrogen-bond donors (Lipinski definition) is 2. The molecule has 9 atom stereocenters. The largest absolute Gasteiger partial charge is 0.463 e. The number of carbonyl (C=O) groups is 4. The van der Waals surface area contributed by atoms with E-state index in [1.54, 1.807) is 0 Å². The third kappa shape index (κ3) is 18.0. The van der Waals surface area contributed by atoms with Crippen LogP contribution in [0.5, 0.6) is 0 Å². The van der Waals surface area contributed by atoms with Gasteiger partial charge in [-0.25, -0.2) is 0 Å². The van der Waals surface area contributed by atoms with E-state index in [2.05, 4.69) is 17.1 Å². The van der Waals surface area contributed by atoms with Gasteiger partial charge in [-0.2, -0.15) is 0 Å². The highest BCUT2D eigenvalue weighted by Gasteiger charge is 2.52. The second kappa shape index (κ2) is 28.3. The van der Waals surface area contributed by atoms with Crippen LogP contribution in [-0.4, -0.2) is 168 Å². The molecular weight excluding hydrogens is 897 g/mol. The van der Waals surface area contributed by atoms with Crippen molar-refractivity contribution in [1.29, 1.82) is 0 Å². The first kappa shape index (κ1) is 53.8. The Kier molecular flexibility index (Phi) is 22.7. The third-order valence-corrected chi connectivity index (χ3v) is 11.3. The fourth-order valence-corrected chi connectivity index (χ4v) is 8.17. The number of nitrogens with zero attached hydrogens (tertiary/aromatic N) is 1. The predicted molar refractivity (Wildman–Crippen MR) is 243 cm³/mol. The summed E-state index contributed by atoms with van der Waals surface area (Å²) in [6.07, 6.45) is -7.59. The predicted octanol–water partition coefficient (Wildman–Crippen LogP) is 3.62. The Morgan fingerprint density at radius 3 is 1.73 bits per heavy atom. The van der Waals surface area contributed by atoms with Crippen molar-refractivity contribution < 1.29 is 81.1 Å². The van der Waals surface area contributed by atoms with Crippen molar-refractivity contribution in [3.63, 3.8) is 0 Å². The maximum absolute atomic E-state index is 12.4. The Labute approximate surface area is 397 Å². The maximum atomic E-state index is 12.4. The van der Waals surface area contributed by atoms with Crippen LogP contribution in [0.25, 0.3) is 0 Å². The molecule has 0 aromatic heterocycles. The highest BCUT2D eigenvalue weighted by Crippen LogP contribution is 2.42. The van der Waals surface area contributed by atoms with Gasteiger partial charge in [0.2, 0.25) is 0 Å². The zero-order valence-corrected chi connectivity index (χ0v) is 39.8. The van der Waals surface area contributed by atoms with Gasteiger partial charge < -0.3 is 67.3 Å². The summed E-state index contributed by atoms with van der Waals surface area (Å²) in [5.74, 6) is -2.89. The SMILES string of the molecule is CC(=O)OC[C@H]1O[C@@H](CC(=S)Nc2cccc(C3O[C@H](CN4CCOCCOCCOCCOCCOCC4)[C@H](C)[C@H](c4ccc(CO)cc4)O3)c2)[C@H](OC(C)=O)[C@@H](OC(C)=O)[C@@H]1OC(C)=O. The van der Waals surface area contributed by atoms with Crippen LogP contribution in [0.2, 0.25) is 0 Å². The maximum Gasteiger partial charge on any atom is 0.303 e. The van der Waals surface area contributed by atoms with Crippen LogP contribution < -0.4 is 5.32 Å². The lowest BCUT2D eigenvalue weighted by molar-refractivity contribution is -0.276. The fraction of sp³-hybridized carbons (Fsp3) is 0.638. The number of aliphatic hydroxyl groups is 1. The lowest BCUT2D eigenvalue weighted by Crippen LogP contribution is -2.62. The van der Waals surface area contributed by atoms with Gasteiger partial charge in [-0.1, -0.05) is 55.5 Å². The molecule has 3 heterocycles. The van der Waals surface area contributed by atoms with Crippen LogP contribution in [0.1, 0.15) is 70.1 Å². The summed E-state index contributed by atoms with van der Waals surface area (Å²) in [4.78, 5) is 51.3. The molecule has 2 aromatic rings. The van der Waals surface area contributed by atoms with Crippen LogP contribution in [-0.2, 0) is 82.6 Å². The molecule has 3 aliphatic heterocycles. The van der Waals surface area contributed by atoms with Crippen molar-refractivity contribution in [3.8, 4) is 0 Å². The number of benzene rings is 2. The minimum atomic E-state index is -1.32. The Balaban J connectivity index is 1.35. The Morgan fingerprint density at radius 2 is 1.19 bits per heavy atom. The second-order valence-corrected chi connectivity index (χ2v) is 16.8. The molecular formula is C47H66N2O17S. The van der Waals surface area contributed by atoms with E-state index in [4.69, 9.17) is 69.1 Å². The third-order valence-electron chi connectivity index (χ3n) is 11.1. The van der Waals surface area contributed by atoms with Gasteiger partial charge in [-0.3, -0.25) is 24.1 Å². The van der Waals surface area contributed by atoms with Crippen LogP contribution in [0, 0.1) is 5.92 Å². The average Bonchev–Trinajstić information content (AvgIpc) is 3.28. The van der Waals surface area contributed by atoms with Gasteiger partial charge in [0.1, 0.15) is 18.8 Å². The smallest absolute Gasteiger partial charge is 0.303 e. The fourth-order valence-electron chi connectivity index (χ4n) is 7.89. The molecule has 2 N–H and O–H groups in total. The molecule has 0 amide bonds. The molecule has 0 saturated carbocycles. The van der Waals surface area contributed by atoms with Crippen LogP contribution in [0.4, 0.5) is 5.69 Å². The summed E-state index contributed by atoms with van der Waals surface area (Å²) in [7, 11) is 0. The van der Waals surface area contributed by atoms with Crippen molar-refractivity contribution in [3.05, 3.63) is 65.2 Å². The quantitative estimate of drug-likeness (QED) is 0.167. The van der Waals surface area contributed by atoms with Gasteiger partial charge >= 0.3 is 23.9 Å². The number of rotatable bonds is 13. The number of hydrogen-bond acceptors (Lipinski definition) is 19. The highest BCUT2D eigenvalue weighted by atomic mass is 32.1. The molecule has 3 saturated heterocycles. The molecule has 3 fully saturated rings. The molecule has 5 rings (SSSR count). The van der Waals surface area contributed by atoms with E-state index in [1.807, 2.05) is 48.5 Å². The van der Waals surface area contributed by atoms with E-state index < -0.39 is 60.7 Å². The molecule has 0 aliphatic carbocycles. The highest BCUT2D eigenvalue weighted by molar-refractivity contribution is 7.80. The molecule has 67 heavy (non-hydrogen) atoms. The monoisotopic (exact) mass is 962 g/mol. The summed E-state index contributed by atoms with van der Waals surface area (Å²) in [5.41, 5.74) is 3.00. The summed E-state index contributed by atoms with van der Waals surface area (Å²) in [5, 5.41) is 13.0. The molecule has 19 nitrogen and oxygen atoms in total. The van der Waals surface area contributed by atoms with Gasteiger partial charge in [0.05, 0.1) is 89.9 Å². The van der Waals surface area contributed by atoms with E-state index >= 15 is 0 Å². The van der Waals surface area contributed by atoms with Crippen molar-refractivity contribution in [2.45, 2.75) is 96.7 Å². The van der Waals surface area contributed by atoms with E-state index in [0.29, 0.717) is 97.0 Å². The van der Waals surface area contributed by atoms with E-state index in [1.165, 1.54) is 13.8 Å². The Bertz CT molecular complexity index is 1850. The number of esters is 4. The van der Waals surface area contributed by atoms with Crippen molar-refractivity contribution in [2.75, 3.05) is 97.6 Å². The molecule has 2 aromatic carbocycles. The summed E-state index contributed by atoms with van der Waals surface area (Å²) < 4.78 is 70.6. The normalized spacial score (nSPS) is 27.6. The number of nitrogens with one attached hydrogen (secondary N) is 1. The van der Waals surface area contributed by atoms with E-state index in [-0.39, 0.29) is 42.7 Å². The molecule has 0 spiro atoms. The van der Waals surface area contributed by atoms with Crippen LogP contribution >= 0.6 is 12.2 Å². The zero-order chi connectivity index (χ0) is 48.1. The Hall–Kier alpha value is -4.19. The van der Waals surface area contributed by atoms with Crippen molar-refractivity contribution in [2.24, 2.45) is 5.92 Å². The molecule has 372 valence electrons. The Morgan fingerprint density at radius 1 is 0.657 bits per heavy atom. The van der Waals surface area contributed by atoms with E-state index in [0.717, 1.165) is 25.0 Å². The van der Waals surface area contributed by atoms with Gasteiger partial charge in [-0.05, 0) is 23.3 Å². The second-order valence-electron chi connectivity index (χ2n) is 16.3. The van der Waals surface area contributed by atoms with Gasteiger partial charge in [0.25, 0.3) is 0 Å². The molecule has 20 heteroatoms. The molecule has 0 radical (unpaired) electrons.